The summed E-state index contributed by atoms with van der Waals surface area (Å²) in [6.07, 6.45) is 0. The fraction of sp³-hybridized carbons (Fsp3) is 0.200. The van der Waals surface area contributed by atoms with Gasteiger partial charge in [0.15, 0.2) is 5.38 Å². The Labute approximate surface area is 61.7 Å². The van der Waals surface area contributed by atoms with Gasteiger partial charge in [-0.2, -0.15) is 0 Å². The van der Waals surface area contributed by atoms with E-state index in [0.29, 0.717) is 0 Å². The largest absolute Gasteiger partial charge is 0.480 e. The molecule has 1 atom stereocenters. The number of hydrogen-bond donors (Lipinski definition) is 2. The van der Waals surface area contributed by atoms with Crippen LogP contribution in [-0.2, 0) is 9.59 Å². The Morgan fingerprint density at radius 3 is 1.90 bits per heavy atom. The van der Waals surface area contributed by atoms with Crippen molar-refractivity contribution in [3.8, 4) is 0 Å². The maximum absolute atomic E-state index is 10.00. The van der Waals surface area contributed by atoms with Gasteiger partial charge in [0.25, 0.3) is 0 Å². The first kappa shape index (κ1) is 8.97. The summed E-state index contributed by atoms with van der Waals surface area (Å²) in [5.74, 6) is -2.81. The molecule has 5 heteroatoms. The Balaban J connectivity index is 4.22. The van der Waals surface area contributed by atoms with Gasteiger partial charge in [-0.15, -0.1) is 11.6 Å². The molecule has 1 unspecified atom stereocenters. The van der Waals surface area contributed by atoms with Crippen molar-refractivity contribution < 1.29 is 19.8 Å². The lowest BCUT2D eigenvalue weighted by Gasteiger charge is -2.00. The molecule has 56 valence electrons. The molecule has 0 amide bonds. The maximum atomic E-state index is 10.00. The van der Waals surface area contributed by atoms with Crippen LogP contribution in [-0.4, -0.2) is 27.5 Å². The maximum Gasteiger partial charge on any atom is 0.333 e. The van der Waals surface area contributed by atoms with Gasteiger partial charge in [-0.1, -0.05) is 6.58 Å². The molecule has 0 bridgehead atoms. The molecule has 0 aliphatic heterocycles. The van der Waals surface area contributed by atoms with E-state index >= 15 is 0 Å². The van der Waals surface area contributed by atoms with Crippen LogP contribution in [0.1, 0.15) is 0 Å². The molecule has 0 saturated carbocycles. The standard InChI is InChI=1S/C5H5ClO4/c1-2(4(7)8)3(6)5(9)10/h3H,1H2,(H,7,8)(H,9,10). The zero-order valence-corrected chi connectivity index (χ0v) is 5.63. The summed E-state index contributed by atoms with van der Waals surface area (Å²) in [5.41, 5.74) is -0.533. The van der Waals surface area contributed by atoms with E-state index in [0.717, 1.165) is 0 Å². The van der Waals surface area contributed by atoms with E-state index in [4.69, 9.17) is 21.8 Å². The second-order valence-electron chi connectivity index (χ2n) is 1.53. The number of carboxylic acid groups (broad SMARTS) is 2. The predicted octanol–water partition coefficient (Wildman–Crippen LogP) is 0.319. The molecule has 0 heterocycles. The second kappa shape index (κ2) is 3.22. The van der Waals surface area contributed by atoms with E-state index in [-0.39, 0.29) is 0 Å². The number of aliphatic carboxylic acids is 2. The van der Waals surface area contributed by atoms with E-state index in [2.05, 4.69) is 6.58 Å². The number of halogens is 1. The van der Waals surface area contributed by atoms with Crippen LogP contribution in [0.2, 0.25) is 0 Å². The first-order valence-electron chi connectivity index (χ1n) is 2.25. The number of alkyl halides is 1. The lowest BCUT2D eigenvalue weighted by atomic mass is 10.2. The molecule has 0 aliphatic carbocycles. The molecule has 4 nitrogen and oxygen atoms in total. The van der Waals surface area contributed by atoms with Crippen molar-refractivity contribution in [2.24, 2.45) is 0 Å². The smallest absolute Gasteiger partial charge is 0.333 e. The molecule has 0 aromatic carbocycles. The Bertz CT molecular complexity index is 186. The number of hydrogen-bond acceptors (Lipinski definition) is 2. The summed E-state index contributed by atoms with van der Waals surface area (Å²) in [6, 6.07) is 0. The summed E-state index contributed by atoms with van der Waals surface area (Å²) in [6.45, 7) is 2.96. The van der Waals surface area contributed by atoms with E-state index in [1.54, 1.807) is 0 Å². The Morgan fingerprint density at radius 1 is 1.40 bits per heavy atom. The van der Waals surface area contributed by atoms with Gasteiger partial charge in [-0.25, -0.2) is 4.79 Å². The monoisotopic (exact) mass is 164 g/mol. The number of carboxylic acids is 2. The normalized spacial score (nSPS) is 12.1. The third-order valence-electron chi connectivity index (χ3n) is 0.797. The molecule has 0 aromatic heterocycles. The van der Waals surface area contributed by atoms with Crippen LogP contribution in [0.4, 0.5) is 0 Å². The summed E-state index contributed by atoms with van der Waals surface area (Å²) in [5, 5.41) is 14.8. The fourth-order valence-electron chi connectivity index (χ4n) is 0.257. The van der Waals surface area contributed by atoms with Gasteiger partial charge in [-0.05, 0) is 0 Å². The van der Waals surface area contributed by atoms with Crippen molar-refractivity contribution in [3.05, 3.63) is 12.2 Å². The molecule has 2 N–H and O–H groups in total. The molecule has 0 aliphatic rings. The first-order chi connectivity index (χ1) is 4.46. The molecule has 0 saturated heterocycles. The van der Waals surface area contributed by atoms with Crippen LogP contribution in [0.3, 0.4) is 0 Å². The van der Waals surface area contributed by atoms with Crippen LogP contribution in [0.5, 0.6) is 0 Å². The van der Waals surface area contributed by atoms with Crippen LogP contribution < -0.4 is 0 Å². The predicted molar refractivity (Wildman–Crippen MR) is 34.1 cm³/mol. The van der Waals surface area contributed by atoms with Gasteiger partial charge in [0.2, 0.25) is 0 Å². The average molecular weight is 165 g/mol. The summed E-state index contributed by atoms with van der Waals surface area (Å²) in [4.78, 5) is 20.0. The SMILES string of the molecule is C=C(C(=O)O)C(Cl)C(=O)O. The fourth-order valence-corrected chi connectivity index (χ4v) is 0.351. The number of carbonyl (C=O) groups is 2. The highest BCUT2D eigenvalue weighted by molar-refractivity contribution is 6.34. The van der Waals surface area contributed by atoms with Gasteiger partial charge in [0, 0.05) is 0 Å². The van der Waals surface area contributed by atoms with Crippen molar-refractivity contribution in [2.75, 3.05) is 0 Å². The lowest BCUT2D eigenvalue weighted by Crippen LogP contribution is -2.20. The van der Waals surface area contributed by atoms with Crippen LogP contribution in [0, 0.1) is 0 Å². The molecule has 0 spiro atoms. The quantitative estimate of drug-likeness (QED) is 0.465. The molecular weight excluding hydrogens is 160 g/mol. The van der Waals surface area contributed by atoms with Crippen molar-refractivity contribution >= 4 is 23.5 Å². The van der Waals surface area contributed by atoms with Gasteiger partial charge < -0.3 is 10.2 Å². The molecule has 0 rings (SSSR count). The molecule has 0 radical (unpaired) electrons. The Hall–Kier alpha value is -1.03. The summed E-state index contributed by atoms with van der Waals surface area (Å²) in [7, 11) is 0. The van der Waals surface area contributed by atoms with Gasteiger partial charge >= 0.3 is 11.9 Å². The molecule has 10 heavy (non-hydrogen) atoms. The average Bonchev–Trinajstić information content (AvgIpc) is 1.84. The highest BCUT2D eigenvalue weighted by atomic mass is 35.5. The van der Waals surface area contributed by atoms with Crippen molar-refractivity contribution in [2.45, 2.75) is 5.38 Å². The van der Waals surface area contributed by atoms with Crippen LogP contribution in [0.25, 0.3) is 0 Å². The van der Waals surface area contributed by atoms with E-state index in [9.17, 15) is 9.59 Å². The van der Waals surface area contributed by atoms with Crippen molar-refractivity contribution in [1.29, 1.82) is 0 Å². The highest BCUT2D eigenvalue weighted by Crippen LogP contribution is 2.07. The van der Waals surface area contributed by atoms with Gasteiger partial charge in [-0.3, -0.25) is 4.79 Å². The molecular formula is C5H5ClO4. The molecule has 0 fully saturated rings. The third-order valence-corrected chi connectivity index (χ3v) is 1.25. The van der Waals surface area contributed by atoms with E-state index < -0.39 is 22.9 Å². The van der Waals surface area contributed by atoms with Crippen LogP contribution >= 0.6 is 11.6 Å². The van der Waals surface area contributed by atoms with E-state index in [1.165, 1.54) is 0 Å². The van der Waals surface area contributed by atoms with Crippen molar-refractivity contribution in [1.82, 2.24) is 0 Å². The van der Waals surface area contributed by atoms with Crippen LogP contribution in [0.15, 0.2) is 12.2 Å². The van der Waals surface area contributed by atoms with Gasteiger partial charge in [0.05, 0.1) is 5.57 Å². The minimum Gasteiger partial charge on any atom is -0.480 e. The Kier molecular flexibility index (Phi) is 2.89. The topological polar surface area (TPSA) is 74.6 Å². The Morgan fingerprint density at radius 2 is 1.80 bits per heavy atom. The minimum absolute atomic E-state index is 0.533. The first-order valence-corrected chi connectivity index (χ1v) is 2.69. The minimum atomic E-state index is -1.54. The van der Waals surface area contributed by atoms with Crippen molar-refractivity contribution in [3.63, 3.8) is 0 Å². The number of rotatable bonds is 3. The zero-order valence-electron chi connectivity index (χ0n) is 4.87. The van der Waals surface area contributed by atoms with E-state index in [1.807, 2.05) is 0 Å². The summed E-state index contributed by atoms with van der Waals surface area (Å²) >= 11 is 5.08. The highest BCUT2D eigenvalue weighted by Gasteiger charge is 2.22. The third kappa shape index (κ3) is 2.06. The lowest BCUT2D eigenvalue weighted by molar-refractivity contribution is -0.139. The zero-order chi connectivity index (χ0) is 8.31. The van der Waals surface area contributed by atoms with Gasteiger partial charge in [0.1, 0.15) is 0 Å². The second-order valence-corrected chi connectivity index (χ2v) is 1.97. The summed E-state index contributed by atoms with van der Waals surface area (Å²) < 4.78 is 0. The molecule has 0 aromatic rings.